The second-order valence-electron chi connectivity index (χ2n) is 15.8. The van der Waals surface area contributed by atoms with Crippen LogP contribution in [0.1, 0.15) is 0 Å². The lowest BCUT2D eigenvalue weighted by Gasteiger charge is -2.11. The van der Waals surface area contributed by atoms with E-state index in [-0.39, 0.29) is 0 Å². The lowest BCUT2D eigenvalue weighted by molar-refractivity contribution is 0.674. The summed E-state index contributed by atoms with van der Waals surface area (Å²) in [7, 11) is 0. The molecule has 63 heavy (non-hydrogen) atoms. The second kappa shape index (κ2) is 15.2. The first kappa shape index (κ1) is 36.3. The van der Waals surface area contributed by atoms with Crippen molar-refractivity contribution in [3.63, 3.8) is 0 Å². The number of para-hydroxylation sites is 2. The molecule has 3 heterocycles. The average molecular weight is 805 g/mol. The van der Waals surface area contributed by atoms with E-state index < -0.39 is 0 Å². The lowest BCUT2D eigenvalue weighted by atomic mass is 9.97. The summed E-state index contributed by atoms with van der Waals surface area (Å²) < 4.78 is 7.06. The third-order valence-corrected chi connectivity index (χ3v) is 11.9. The Balaban J connectivity index is 0.997. The van der Waals surface area contributed by atoms with Crippen LogP contribution in [0.3, 0.4) is 0 Å². The van der Waals surface area contributed by atoms with Gasteiger partial charge in [-0.2, -0.15) is 0 Å². The van der Waals surface area contributed by atoms with Gasteiger partial charge in [0.1, 0.15) is 11.2 Å². The van der Waals surface area contributed by atoms with Crippen LogP contribution in [0.4, 0.5) is 0 Å². The lowest BCUT2D eigenvalue weighted by Crippen LogP contribution is -2.00. The molecule has 5 heteroatoms. The zero-order chi connectivity index (χ0) is 41.7. The van der Waals surface area contributed by atoms with E-state index in [1.807, 2.05) is 24.3 Å². The molecule has 5 nitrogen and oxygen atoms in total. The van der Waals surface area contributed by atoms with Gasteiger partial charge >= 0.3 is 0 Å². The zero-order valence-electron chi connectivity index (χ0n) is 34.0. The third-order valence-electron chi connectivity index (χ3n) is 11.9. The number of nitrogens with zero attached hydrogens (tertiary/aromatic N) is 4. The van der Waals surface area contributed by atoms with Gasteiger partial charge in [-0.25, -0.2) is 19.9 Å². The highest BCUT2D eigenvalue weighted by molar-refractivity contribution is 6.25. The van der Waals surface area contributed by atoms with Crippen molar-refractivity contribution < 1.29 is 4.42 Å². The van der Waals surface area contributed by atoms with Crippen molar-refractivity contribution in [3.05, 3.63) is 218 Å². The van der Waals surface area contributed by atoms with Gasteiger partial charge in [-0.05, 0) is 46.0 Å². The normalized spacial score (nSPS) is 11.5. The summed E-state index contributed by atoms with van der Waals surface area (Å²) in [6.07, 6.45) is 0. The third kappa shape index (κ3) is 6.51. The van der Waals surface area contributed by atoms with Gasteiger partial charge in [0.15, 0.2) is 17.5 Å². The van der Waals surface area contributed by atoms with Crippen LogP contribution >= 0.6 is 0 Å². The fraction of sp³-hybridized carbons (Fsp3) is 0. The number of fused-ring (bicyclic) bond motifs is 7. The molecule has 0 aliphatic rings. The highest BCUT2D eigenvalue weighted by Gasteiger charge is 2.20. The predicted octanol–water partition coefficient (Wildman–Crippen LogP) is 15.1. The number of benzene rings is 9. The Morgan fingerprint density at radius 1 is 0.270 bits per heavy atom. The van der Waals surface area contributed by atoms with Crippen molar-refractivity contribution >= 4 is 43.6 Å². The molecule has 3 aromatic heterocycles. The van der Waals surface area contributed by atoms with Crippen LogP contribution in [0.2, 0.25) is 0 Å². The number of aromatic nitrogens is 4. The average Bonchev–Trinajstić information content (AvgIpc) is 3.76. The fourth-order valence-electron chi connectivity index (χ4n) is 8.81. The van der Waals surface area contributed by atoms with Crippen molar-refractivity contribution in [2.45, 2.75) is 0 Å². The van der Waals surface area contributed by atoms with Gasteiger partial charge < -0.3 is 4.42 Å². The molecule has 0 bridgehead atoms. The Hall–Kier alpha value is -8.54. The molecular formula is C58H36N4O. The van der Waals surface area contributed by atoms with Crippen LogP contribution in [-0.2, 0) is 0 Å². The Kier molecular flexibility index (Phi) is 8.75. The first-order valence-electron chi connectivity index (χ1n) is 21.1. The molecule has 0 N–H and O–H groups in total. The first-order valence-corrected chi connectivity index (χ1v) is 21.1. The molecule has 9 aromatic carbocycles. The number of rotatable bonds is 7. The molecule has 0 amide bonds. The minimum Gasteiger partial charge on any atom is -0.455 e. The first-order chi connectivity index (χ1) is 31.2. The van der Waals surface area contributed by atoms with Crippen LogP contribution in [0.5, 0.6) is 0 Å². The monoisotopic (exact) mass is 804 g/mol. The van der Waals surface area contributed by atoms with E-state index in [1.54, 1.807) is 0 Å². The summed E-state index contributed by atoms with van der Waals surface area (Å²) in [5, 5.41) is 5.30. The molecule has 0 unspecified atom stereocenters. The molecule has 0 saturated carbocycles. The van der Waals surface area contributed by atoms with Crippen LogP contribution in [0.15, 0.2) is 223 Å². The van der Waals surface area contributed by atoms with Crippen molar-refractivity contribution in [2.24, 2.45) is 0 Å². The molecule has 294 valence electrons. The zero-order valence-corrected chi connectivity index (χ0v) is 34.0. The molecule has 12 aromatic rings. The van der Waals surface area contributed by atoms with E-state index in [2.05, 4.69) is 194 Å². The van der Waals surface area contributed by atoms with Crippen molar-refractivity contribution in [1.29, 1.82) is 0 Å². The summed E-state index contributed by atoms with van der Waals surface area (Å²) in [4.78, 5) is 20.5. The summed E-state index contributed by atoms with van der Waals surface area (Å²) >= 11 is 0. The summed E-state index contributed by atoms with van der Waals surface area (Å²) in [6.45, 7) is 0. The Morgan fingerprint density at radius 3 is 1.35 bits per heavy atom. The summed E-state index contributed by atoms with van der Waals surface area (Å²) in [5.74, 6) is 1.80. The number of hydrogen-bond donors (Lipinski definition) is 0. The molecule has 12 rings (SSSR count). The van der Waals surface area contributed by atoms with Crippen LogP contribution in [0, 0.1) is 0 Å². The Bertz CT molecular complexity index is 3540. The molecule has 0 fully saturated rings. The van der Waals surface area contributed by atoms with Crippen molar-refractivity contribution in [3.8, 4) is 78.8 Å². The number of furan rings is 1. The smallest absolute Gasteiger partial charge is 0.164 e. The maximum atomic E-state index is 7.06. The Morgan fingerprint density at radius 2 is 0.714 bits per heavy atom. The second-order valence-corrected chi connectivity index (χ2v) is 15.8. The fourth-order valence-corrected chi connectivity index (χ4v) is 8.81. The van der Waals surface area contributed by atoms with E-state index in [4.69, 9.17) is 24.4 Å². The number of pyridine rings is 1. The van der Waals surface area contributed by atoms with Gasteiger partial charge in [-0.15, -0.1) is 0 Å². The van der Waals surface area contributed by atoms with E-state index in [0.717, 1.165) is 105 Å². The molecule has 0 aliphatic carbocycles. The van der Waals surface area contributed by atoms with Gasteiger partial charge in [0, 0.05) is 54.7 Å². The number of hydrogen-bond acceptors (Lipinski definition) is 5. The molecule has 0 spiro atoms. The molecular weight excluding hydrogens is 769 g/mol. The standard InChI is InChI=1S/C58H36N4O/c1-4-14-37(15-5-1)39-26-30-42(31-27-39)56-60-57(43-32-28-40(29-33-43)38-16-6-2-7-17-38)62-58(61-56)45-21-12-20-44(36-45)46-23-13-24-47-48-34-35-50-52(55(48)63-54(46)47)49-22-10-11-25-51(49)59-53(50)41-18-8-3-9-19-41/h1-36H. The quantitative estimate of drug-likeness (QED) is 0.150. The van der Waals surface area contributed by atoms with Gasteiger partial charge in [0.2, 0.25) is 0 Å². The highest BCUT2D eigenvalue weighted by atomic mass is 16.3. The van der Waals surface area contributed by atoms with Gasteiger partial charge in [0.05, 0.1) is 11.2 Å². The summed E-state index contributed by atoms with van der Waals surface area (Å²) in [6, 6.07) is 75.6. The predicted molar refractivity (Wildman–Crippen MR) is 258 cm³/mol. The summed E-state index contributed by atoms with van der Waals surface area (Å²) in [5.41, 5.74) is 13.9. The molecule has 0 atom stereocenters. The molecule has 0 radical (unpaired) electrons. The van der Waals surface area contributed by atoms with Crippen LogP contribution < -0.4 is 0 Å². The van der Waals surface area contributed by atoms with Gasteiger partial charge in [-0.1, -0.05) is 200 Å². The topological polar surface area (TPSA) is 64.7 Å². The van der Waals surface area contributed by atoms with Crippen molar-refractivity contribution in [2.75, 3.05) is 0 Å². The van der Waals surface area contributed by atoms with E-state index in [1.165, 1.54) is 0 Å². The van der Waals surface area contributed by atoms with E-state index >= 15 is 0 Å². The minimum atomic E-state index is 0.589. The maximum Gasteiger partial charge on any atom is 0.164 e. The molecule has 0 aliphatic heterocycles. The maximum absolute atomic E-state index is 7.06. The van der Waals surface area contributed by atoms with Gasteiger partial charge in [-0.3, -0.25) is 0 Å². The van der Waals surface area contributed by atoms with Crippen LogP contribution in [-0.4, -0.2) is 19.9 Å². The largest absolute Gasteiger partial charge is 0.455 e. The highest BCUT2D eigenvalue weighted by Crippen LogP contribution is 2.43. The Labute approximate surface area is 363 Å². The van der Waals surface area contributed by atoms with E-state index in [9.17, 15) is 0 Å². The SMILES string of the molecule is c1ccc(-c2ccc(-c3nc(-c4ccc(-c5ccccc5)cc4)nc(-c4cccc(-c5cccc6c5oc5c6ccc6c(-c7ccccc7)nc7ccccc7c65)c4)n3)cc2)cc1. The minimum absolute atomic E-state index is 0.589. The van der Waals surface area contributed by atoms with Gasteiger partial charge in [0.25, 0.3) is 0 Å². The van der Waals surface area contributed by atoms with E-state index in [0.29, 0.717) is 17.5 Å². The molecule has 0 saturated heterocycles. The van der Waals surface area contributed by atoms with Crippen molar-refractivity contribution in [1.82, 2.24) is 19.9 Å². The van der Waals surface area contributed by atoms with Crippen LogP contribution in [0.25, 0.3) is 122 Å².